The molecule has 0 spiro atoms. The van der Waals surface area contributed by atoms with Gasteiger partial charge in [-0.05, 0) is 24.3 Å². The number of hydrogen-bond acceptors (Lipinski definition) is 4. The van der Waals surface area contributed by atoms with Gasteiger partial charge in [0.25, 0.3) is 0 Å². The zero-order valence-corrected chi connectivity index (χ0v) is 12.5. The third-order valence-corrected chi connectivity index (χ3v) is 3.21. The topological polar surface area (TPSA) is 61.5 Å². The highest BCUT2D eigenvalue weighted by molar-refractivity contribution is 6.35. The lowest BCUT2D eigenvalue weighted by atomic mass is 10.2. The second kappa shape index (κ2) is 7.20. The number of ether oxygens (including phenoxy) is 2. The summed E-state index contributed by atoms with van der Waals surface area (Å²) in [7, 11) is 0. The molecule has 2 aromatic rings. The molecule has 2 rings (SSSR count). The van der Waals surface area contributed by atoms with Crippen molar-refractivity contribution in [1.29, 1.82) is 0 Å². The van der Waals surface area contributed by atoms with E-state index in [0.29, 0.717) is 27.0 Å². The molecular weight excluding hydrogens is 313 g/mol. The number of esters is 1. The van der Waals surface area contributed by atoms with E-state index in [4.69, 9.17) is 38.4 Å². The summed E-state index contributed by atoms with van der Waals surface area (Å²) in [6.07, 6.45) is 0. The van der Waals surface area contributed by atoms with Gasteiger partial charge >= 0.3 is 5.97 Å². The third kappa shape index (κ3) is 4.85. The molecule has 0 heterocycles. The van der Waals surface area contributed by atoms with Crippen molar-refractivity contribution >= 4 is 34.9 Å². The van der Waals surface area contributed by atoms with Gasteiger partial charge in [0, 0.05) is 27.4 Å². The first-order valence-corrected chi connectivity index (χ1v) is 6.88. The van der Waals surface area contributed by atoms with Crippen LogP contribution in [0.2, 0.25) is 10.0 Å². The summed E-state index contributed by atoms with van der Waals surface area (Å²) in [4.78, 5) is 11.6. The lowest BCUT2D eigenvalue weighted by molar-refractivity contribution is -0.147. The van der Waals surface area contributed by atoms with Gasteiger partial charge in [-0.3, -0.25) is 0 Å². The molecule has 0 amide bonds. The minimum absolute atomic E-state index is 0.0646. The van der Waals surface area contributed by atoms with E-state index in [1.807, 2.05) is 0 Å². The van der Waals surface area contributed by atoms with Gasteiger partial charge < -0.3 is 15.2 Å². The average molecular weight is 326 g/mol. The normalized spacial score (nSPS) is 10.2. The molecule has 0 aliphatic carbocycles. The molecule has 0 radical (unpaired) electrons. The molecule has 0 unspecified atom stereocenters. The molecule has 0 aliphatic rings. The van der Waals surface area contributed by atoms with E-state index in [0.717, 1.165) is 0 Å². The van der Waals surface area contributed by atoms with Crippen LogP contribution >= 0.6 is 23.2 Å². The number of nitrogens with two attached hydrogens (primary N) is 1. The van der Waals surface area contributed by atoms with Crippen molar-refractivity contribution in [3.63, 3.8) is 0 Å². The molecule has 0 aliphatic heterocycles. The maximum atomic E-state index is 11.6. The summed E-state index contributed by atoms with van der Waals surface area (Å²) in [5, 5.41) is 0.979. The van der Waals surface area contributed by atoms with Crippen LogP contribution in [0.25, 0.3) is 0 Å². The molecule has 0 aromatic heterocycles. The predicted octanol–water partition coefficient (Wildman–Crippen LogP) is 3.70. The van der Waals surface area contributed by atoms with Gasteiger partial charge in [0.2, 0.25) is 0 Å². The molecule has 110 valence electrons. The lowest BCUT2D eigenvalue weighted by Gasteiger charge is -2.08. The quantitative estimate of drug-likeness (QED) is 0.672. The summed E-state index contributed by atoms with van der Waals surface area (Å²) in [6.45, 7) is -0.135. The molecule has 0 atom stereocenters. The molecule has 2 N–H and O–H groups in total. The fraction of sp³-hybridized carbons (Fsp3) is 0.133. The number of benzene rings is 2. The minimum Gasteiger partial charge on any atom is -0.482 e. The molecule has 0 saturated heterocycles. The number of anilines is 1. The Morgan fingerprint density at radius 1 is 1.14 bits per heavy atom. The summed E-state index contributed by atoms with van der Waals surface area (Å²) < 4.78 is 10.4. The van der Waals surface area contributed by atoms with E-state index in [1.54, 1.807) is 42.5 Å². The Kier molecular flexibility index (Phi) is 5.31. The van der Waals surface area contributed by atoms with Crippen LogP contribution in [0.5, 0.6) is 5.75 Å². The highest BCUT2D eigenvalue weighted by Gasteiger charge is 2.07. The van der Waals surface area contributed by atoms with Gasteiger partial charge in [-0.1, -0.05) is 35.3 Å². The number of hydrogen-bond donors (Lipinski definition) is 1. The van der Waals surface area contributed by atoms with Crippen LogP contribution in [0.3, 0.4) is 0 Å². The summed E-state index contributed by atoms with van der Waals surface area (Å²) in [6, 6.07) is 11.8. The number of rotatable bonds is 5. The second-order valence-electron chi connectivity index (χ2n) is 4.26. The fourth-order valence-corrected chi connectivity index (χ4v) is 2.05. The van der Waals surface area contributed by atoms with E-state index in [1.165, 1.54) is 0 Å². The van der Waals surface area contributed by atoms with Crippen LogP contribution in [-0.4, -0.2) is 12.6 Å². The van der Waals surface area contributed by atoms with E-state index in [-0.39, 0.29) is 13.2 Å². The maximum Gasteiger partial charge on any atom is 0.344 e. The molecular formula is C15H13Cl2NO3. The van der Waals surface area contributed by atoms with E-state index in [9.17, 15) is 4.79 Å². The van der Waals surface area contributed by atoms with Gasteiger partial charge in [-0.15, -0.1) is 0 Å². The second-order valence-corrected chi connectivity index (χ2v) is 5.10. The fourth-order valence-electron chi connectivity index (χ4n) is 1.59. The first-order chi connectivity index (χ1) is 10.0. The highest BCUT2D eigenvalue weighted by Crippen LogP contribution is 2.21. The molecule has 0 saturated carbocycles. The van der Waals surface area contributed by atoms with Crippen molar-refractivity contribution in [2.75, 3.05) is 12.3 Å². The Balaban J connectivity index is 1.82. The van der Waals surface area contributed by atoms with Gasteiger partial charge in [0.05, 0.1) is 0 Å². The standard InChI is InChI=1S/C15H13Cl2NO3/c16-11-5-4-10(14(17)6-11)8-21-15(19)9-20-13-3-1-2-12(18)7-13/h1-7H,8-9,18H2. The van der Waals surface area contributed by atoms with Crippen LogP contribution in [0, 0.1) is 0 Å². The average Bonchev–Trinajstić information content (AvgIpc) is 2.44. The Morgan fingerprint density at radius 2 is 1.95 bits per heavy atom. The van der Waals surface area contributed by atoms with Crippen molar-refractivity contribution < 1.29 is 14.3 Å². The summed E-state index contributed by atoms with van der Waals surface area (Å²) >= 11 is 11.8. The van der Waals surface area contributed by atoms with E-state index < -0.39 is 5.97 Å². The lowest BCUT2D eigenvalue weighted by Crippen LogP contribution is -2.14. The van der Waals surface area contributed by atoms with Gasteiger partial charge in [-0.25, -0.2) is 4.79 Å². The SMILES string of the molecule is Nc1cccc(OCC(=O)OCc2ccc(Cl)cc2Cl)c1. The smallest absolute Gasteiger partial charge is 0.344 e. The third-order valence-electron chi connectivity index (χ3n) is 2.62. The zero-order chi connectivity index (χ0) is 15.2. The largest absolute Gasteiger partial charge is 0.482 e. The molecule has 0 fully saturated rings. The van der Waals surface area contributed by atoms with Crippen molar-refractivity contribution in [2.24, 2.45) is 0 Å². The number of carbonyl (C=O) groups excluding carboxylic acids is 1. The van der Waals surface area contributed by atoms with Crippen LogP contribution in [0.15, 0.2) is 42.5 Å². The number of halogens is 2. The summed E-state index contributed by atoms with van der Waals surface area (Å²) in [5.41, 5.74) is 6.85. The van der Waals surface area contributed by atoms with Crippen molar-refractivity contribution in [3.8, 4) is 5.75 Å². The molecule has 4 nitrogen and oxygen atoms in total. The predicted molar refractivity (Wildman–Crippen MR) is 82.6 cm³/mol. The summed E-state index contributed by atoms with van der Waals surface area (Å²) in [5.74, 6) is 0.0138. The zero-order valence-electron chi connectivity index (χ0n) is 11.0. The van der Waals surface area contributed by atoms with Crippen LogP contribution < -0.4 is 10.5 Å². The molecule has 6 heteroatoms. The van der Waals surface area contributed by atoms with Crippen molar-refractivity contribution in [3.05, 3.63) is 58.1 Å². The number of carbonyl (C=O) groups is 1. The first-order valence-electron chi connectivity index (χ1n) is 6.12. The van der Waals surface area contributed by atoms with Crippen LogP contribution in [0.1, 0.15) is 5.56 Å². The Labute approximate surface area is 132 Å². The molecule has 21 heavy (non-hydrogen) atoms. The van der Waals surface area contributed by atoms with Crippen LogP contribution in [0.4, 0.5) is 5.69 Å². The van der Waals surface area contributed by atoms with Gasteiger partial charge in [-0.2, -0.15) is 0 Å². The maximum absolute atomic E-state index is 11.6. The van der Waals surface area contributed by atoms with Gasteiger partial charge in [0.1, 0.15) is 12.4 Å². The van der Waals surface area contributed by atoms with Crippen molar-refractivity contribution in [1.82, 2.24) is 0 Å². The molecule has 0 bridgehead atoms. The number of nitrogen functional groups attached to an aromatic ring is 1. The monoisotopic (exact) mass is 325 g/mol. The van der Waals surface area contributed by atoms with E-state index >= 15 is 0 Å². The van der Waals surface area contributed by atoms with Gasteiger partial charge in [0.15, 0.2) is 6.61 Å². The Hall–Kier alpha value is -1.91. The van der Waals surface area contributed by atoms with Crippen LogP contribution in [-0.2, 0) is 16.1 Å². The van der Waals surface area contributed by atoms with Crippen molar-refractivity contribution in [2.45, 2.75) is 6.61 Å². The minimum atomic E-state index is -0.497. The van der Waals surface area contributed by atoms with E-state index in [2.05, 4.69) is 0 Å². The Bertz CT molecular complexity index is 647. The Morgan fingerprint density at radius 3 is 2.67 bits per heavy atom. The highest BCUT2D eigenvalue weighted by atomic mass is 35.5. The molecule has 2 aromatic carbocycles. The first kappa shape index (κ1) is 15.5.